The molecule has 1 aromatic carbocycles. The molecule has 1 aromatic heterocycles. The number of nitrogens with zero attached hydrogens (tertiary/aromatic N) is 1. The molecule has 0 unspecified atom stereocenters. The molecule has 3 rings (SSSR count). The van der Waals surface area contributed by atoms with Crippen LogP contribution in [0.4, 0.5) is 0 Å². The second-order valence-corrected chi connectivity index (χ2v) is 5.48. The first-order valence-corrected chi connectivity index (χ1v) is 7.24. The Hall–Kier alpha value is -1.58. The van der Waals surface area contributed by atoms with Gasteiger partial charge in [-0.3, -0.25) is 0 Å². The van der Waals surface area contributed by atoms with Gasteiger partial charge in [0.05, 0.1) is 5.69 Å². The summed E-state index contributed by atoms with van der Waals surface area (Å²) in [7, 11) is 0. The van der Waals surface area contributed by atoms with Crippen molar-refractivity contribution >= 4 is 11.6 Å². The SMILES string of the molecule is Clc1cccc(COc2cccc(CNC3CC3)n2)c1. The predicted octanol–water partition coefficient (Wildman–Crippen LogP) is 3.57. The highest BCUT2D eigenvalue weighted by atomic mass is 35.5. The van der Waals surface area contributed by atoms with Gasteiger partial charge in [-0.1, -0.05) is 29.8 Å². The van der Waals surface area contributed by atoms with Crippen molar-refractivity contribution in [3.63, 3.8) is 0 Å². The van der Waals surface area contributed by atoms with E-state index < -0.39 is 0 Å². The van der Waals surface area contributed by atoms with Crippen LogP contribution in [0.5, 0.6) is 5.88 Å². The summed E-state index contributed by atoms with van der Waals surface area (Å²) in [4.78, 5) is 4.49. The van der Waals surface area contributed by atoms with Crippen LogP contribution >= 0.6 is 11.6 Å². The maximum Gasteiger partial charge on any atom is 0.213 e. The number of hydrogen-bond acceptors (Lipinski definition) is 3. The molecule has 1 saturated carbocycles. The van der Waals surface area contributed by atoms with Gasteiger partial charge in [-0.05, 0) is 36.6 Å². The summed E-state index contributed by atoms with van der Waals surface area (Å²) in [5.41, 5.74) is 2.06. The Balaban J connectivity index is 1.57. The molecule has 20 heavy (non-hydrogen) atoms. The monoisotopic (exact) mass is 288 g/mol. The Morgan fingerprint density at radius 3 is 2.85 bits per heavy atom. The molecule has 1 fully saturated rings. The smallest absolute Gasteiger partial charge is 0.213 e. The molecule has 104 valence electrons. The molecular formula is C16H17ClN2O. The Morgan fingerprint density at radius 1 is 1.20 bits per heavy atom. The minimum atomic E-state index is 0.479. The van der Waals surface area contributed by atoms with E-state index >= 15 is 0 Å². The van der Waals surface area contributed by atoms with Gasteiger partial charge in [0, 0.05) is 23.7 Å². The molecule has 0 aliphatic heterocycles. The highest BCUT2D eigenvalue weighted by Gasteiger charge is 2.20. The Kier molecular flexibility index (Phi) is 4.19. The first kappa shape index (κ1) is 13.4. The summed E-state index contributed by atoms with van der Waals surface area (Å²) in [6, 6.07) is 14.2. The number of halogens is 1. The van der Waals surface area contributed by atoms with E-state index in [0.717, 1.165) is 22.8 Å². The molecule has 3 nitrogen and oxygen atoms in total. The molecule has 0 saturated heterocycles. The average Bonchev–Trinajstić information content (AvgIpc) is 3.28. The molecule has 0 radical (unpaired) electrons. The highest BCUT2D eigenvalue weighted by Crippen LogP contribution is 2.19. The minimum absolute atomic E-state index is 0.479. The largest absolute Gasteiger partial charge is 0.473 e. The van der Waals surface area contributed by atoms with Crippen molar-refractivity contribution in [1.82, 2.24) is 10.3 Å². The van der Waals surface area contributed by atoms with Crippen LogP contribution < -0.4 is 10.1 Å². The molecule has 0 amide bonds. The van der Waals surface area contributed by atoms with Crippen LogP contribution in [0.3, 0.4) is 0 Å². The van der Waals surface area contributed by atoms with Gasteiger partial charge in [0.2, 0.25) is 5.88 Å². The van der Waals surface area contributed by atoms with Crippen LogP contribution in [-0.2, 0) is 13.2 Å². The van der Waals surface area contributed by atoms with Crippen LogP contribution in [0.2, 0.25) is 5.02 Å². The summed E-state index contributed by atoms with van der Waals surface area (Å²) < 4.78 is 5.71. The van der Waals surface area contributed by atoms with Crippen molar-refractivity contribution in [2.45, 2.75) is 32.0 Å². The second kappa shape index (κ2) is 6.25. The third-order valence-electron chi connectivity index (χ3n) is 3.21. The number of nitrogens with one attached hydrogen (secondary N) is 1. The lowest BCUT2D eigenvalue weighted by Gasteiger charge is -2.08. The van der Waals surface area contributed by atoms with Crippen LogP contribution in [0, 0.1) is 0 Å². The zero-order valence-corrected chi connectivity index (χ0v) is 11.9. The zero-order valence-electron chi connectivity index (χ0n) is 11.2. The minimum Gasteiger partial charge on any atom is -0.473 e. The highest BCUT2D eigenvalue weighted by molar-refractivity contribution is 6.30. The second-order valence-electron chi connectivity index (χ2n) is 5.04. The molecule has 1 N–H and O–H groups in total. The predicted molar refractivity (Wildman–Crippen MR) is 79.9 cm³/mol. The molecular weight excluding hydrogens is 272 g/mol. The molecule has 1 aliphatic rings. The van der Waals surface area contributed by atoms with Gasteiger partial charge in [-0.2, -0.15) is 0 Å². The third-order valence-corrected chi connectivity index (χ3v) is 3.44. The van der Waals surface area contributed by atoms with Crippen molar-refractivity contribution in [2.24, 2.45) is 0 Å². The van der Waals surface area contributed by atoms with Crippen molar-refractivity contribution in [3.05, 3.63) is 58.7 Å². The van der Waals surface area contributed by atoms with E-state index in [-0.39, 0.29) is 0 Å². The van der Waals surface area contributed by atoms with Crippen molar-refractivity contribution < 1.29 is 4.74 Å². The van der Waals surface area contributed by atoms with Gasteiger partial charge < -0.3 is 10.1 Å². The fraction of sp³-hybridized carbons (Fsp3) is 0.312. The summed E-state index contributed by atoms with van der Waals surface area (Å²) in [6.45, 7) is 1.28. The fourth-order valence-corrected chi connectivity index (χ4v) is 2.17. The van der Waals surface area contributed by atoms with E-state index in [0.29, 0.717) is 18.5 Å². The van der Waals surface area contributed by atoms with E-state index in [4.69, 9.17) is 16.3 Å². The first-order chi connectivity index (χ1) is 9.79. The van der Waals surface area contributed by atoms with Gasteiger partial charge >= 0.3 is 0 Å². The number of ether oxygens (including phenoxy) is 1. The van der Waals surface area contributed by atoms with E-state index in [1.165, 1.54) is 12.8 Å². The Bertz CT molecular complexity index is 584. The molecule has 0 spiro atoms. The van der Waals surface area contributed by atoms with Crippen molar-refractivity contribution in [1.29, 1.82) is 0 Å². The Labute approximate surface area is 123 Å². The number of rotatable bonds is 6. The first-order valence-electron chi connectivity index (χ1n) is 6.86. The maximum absolute atomic E-state index is 5.95. The normalized spacial score (nSPS) is 14.2. The molecule has 1 aliphatic carbocycles. The van der Waals surface area contributed by atoms with Gasteiger partial charge in [0.25, 0.3) is 0 Å². The molecule has 4 heteroatoms. The van der Waals surface area contributed by atoms with Gasteiger partial charge in [-0.15, -0.1) is 0 Å². The quantitative estimate of drug-likeness (QED) is 0.882. The van der Waals surface area contributed by atoms with Gasteiger partial charge in [0.1, 0.15) is 6.61 Å². The topological polar surface area (TPSA) is 34.1 Å². The number of pyridine rings is 1. The lowest BCUT2D eigenvalue weighted by molar-refractivity contribution is 0.293. The number of hydrogen-bond donors (Lipinski definition) is 1. The average molecular weight is 289 g/mol. The van der Waals surface area contributed by atoms with Crippen LogP contribution in [0.1, 0.15) is 24.1 Å². The molecule has 0 atom stereocenters. The van der Waals surface area contributed by atoms with Crippen LogP contribution in [0.25, 0.3) is 0 Å². The summed E-state index contributed by atoms with van der Waals surface area (Å²) in [5, 5.41) is 4.17. The van der Waals surface area contributed by atoms with E-state index in [1.807, 2.05) is 42.5 Å². The lowest BCUT2D eigenvalue weighted by atomic mass is 10.2. The van der Waals surface area contributed by atoms with Crippen LogP contribution in [0.15, 0.2) is 42.5 Å². The fourth-order valence-electron chi connectivity index (χ4n) is 1.96. The number of aromatic nitrogens is 1. The zero-order chi connectivity index (χ0) is 13.8. The van der Waals surface area contributed by atoms with E-state index in [2.05, 4.69) is 10.3 Å². The third kappa shape index (κ3) is 3.95. The molecule has 2 aromatic rings. The number of benzene rings is 1. The Morgan fingerprint density at radius 2 is 2.05 bits per heavy atom. The van der Waals surface area contributed by atoms with Crippen LogP contribution in [-0.4, -0.2) is 11.0 Å². The summed E-state index contributed by atoms with van der Waals surface area (Å²) in [6.07, 6.45) is 2.57. The van der Waals surface area contributed by atoms with E-state index in [1.54, 1.807) is 0 Å². The summed E-state index contributed by atoms with van der Waals surface area (Å²) >= 11 is 5.95. The van der Waals surface area contributed by atoms with Gasteiger partial charge in [-0.25, -0.2) is 4.98 Å². The summed E-state index contributed by atoms with van der Waals surface area (Å²) in [5.74, 6) is 0.653. The lowest BCUT2D eigenvalue weighted by Crippen LogP contribution is -2.16. The molecule has 0 bridgehead atoms. The van der Waals surface area contributed by atoms with Crippen molar-refractivity contribution in [2.75, 3.05) is 0 Å². The van der Waals surface area contributed by atoms with E-state index in [9.17, 15) is 0 Å². The van der Waals surface area contributed by atoms with Crippen molar-refractivity contribution in [3.8, 4) is 5.88 Å². The standard InChI is InChI=1S/C16H17ClN2O/c17-13-4-1-3-12(9-13)11-20-16-6-2-5-15(19-16)10-18-14-7-8-14/h1-6,9,14,18H,7-8,10-11H2. The maximum atomic E-state index is 5.95. The van der Waals surface area contributed by atoms with Gasteiger partial charge in [0.15, 0.2) is 0 Å². The molecule has 1 heterocycles.